The molecule has 0 spiro atoms. The number of hydrogen-bond donors (Lipinski definition) is 0. The van der Waals surface area contributed by atoms with Crippen LogP contribution in [0.5, 0.6) is 0 Å². The van der Waals surface area contributed by atoms with Crippen molar-refractivity contribution in [3.05, 3.63) is 0 Å². The van der Waals surface area contributed by atoms with Crippen molar-refractivity contribution in [2.45, 2.75) is 78.1 Å². The van der Waals surface area contributed by atoms with Gasteiger partial charge >= 0.3 is 29.6 Å². The van der Waals surface area contributed by atoms with Crippen molar-refractivity contribution in [2.24, 2.45) is 34.5 Å². The topological polar surface area (TPSA) is 17.1 Å². The van der Waals surface area contributed by atoms with Gasteiger partial charge in [-0.3, -0.25) is 4.79 Å². The van der Waals surface area contributed by atoms with Crippen molar-refractivity contribution in [1.82, 2.24) is 0 Å². The summed E-state index contributed by atoms with van der Waals surface area (Å²) in [4.78, 5) is 11.9. The molecular weight excluding hydrogens is 303 g/mol. The molecule has 4 aliphatic carbocycles. The van der Waals surface area contributed by atoms with Gasteiger partial charge in [0.25, 0.3) is 0 Å². The maximum atomic E-state index is 11.9. The summed E-state index contributed by atoms with van der Waals surface area (Å²) in [6.45, 7) is 5.14. The smallest absolute Gasteiger partial charge is 1.00 e. The van der Waals surface area contributed by atoms with Gasteiger partial charge in [0.05, 0.1) is 0 Å². The average Bonchev–Trinajstić information content (AvgIpc) is 2.81. The van der Waals surface area contributed by atoms with Gasteiger partial charge < -0.3 is 12.4 Å². The molecule has 3 heteroatoms. The van der Waals surface area contributed by atoms with E-state index < -0.39 is 0 Å². The van der Waals surface area contributed by atoms with Crippen LogP contribution in [0, 0.1) is 34.5 Å². The minimum absolute atomic E-state index is 0. The van der Waals surface area contributed by atoms with Crippen molar-refractivity contribution in [2.75, 3.05) is 0 Å². The first kappa shape index (κ1) is 19.3. The van der Waals surface area contributed by atoms with Gasteiger partial charge in [0.1, 0.15) is 5.78 Å². The van der Waals surface area contributed by atoms with Crippen LogP contribution in [0.15, 0.2) is 0 Å². The van der Waals surface area contributed by atoms with E-state index in [1.54, 1.807) is 0 Å². The van der Waals surface area contributed by atoms with E-state index in [1.807, 2.05) is 0 Å². The van der Waals surface area contributed by atoms with E-state index in [0.29, 0.717) is 16.6 Å². The Bertz CT molecular complexity index is 439. The number of fused-ring (bicyclic) bond motifs is 5. The average molecular weight is 333 g/mol. The first-order chi connectivity index (χ1) is 9.53. The van der Waals surface area contributed by atoms with Crippen molar-refractivity contribution < 1.29 is 46.8 Å². The molecule has 4 saturated carbocycles. The number of ketones is 1. The first-order valence-electron chi connectivity index (χ1n) is 9.05. The molecule has 4 fully saturated rings. The zero-order chi connectivity index (χ0) is 14.0. The maximum Gasteiger partial charge on any atom is 1.00 e. The molecule has 120 valence electrons. The van der Waals surface area contributed by atoms with Gasteiger partial charge in [0.15, 0.2) is 0 Å². The third-order valence-electron chi connectivity index (χ3n) is 8.26. The second kappa shape index (κ2) is 6.70. The van der Waals surface area contributed by atoms with E-state index in [-0.39, 0.29) is 42.0 Å². The van der Waals surface area contributed by atoms with Crippen LogP contribution in [0.1, 0.15) is 78.1 Å². The molecule has 22 heavy (non-hydrogen) atoms. The third kappa shape index (κ3) is 2.76. The molecule has 0 aliphatic heterocycles. The summed E-state index contributed by atoms with van der Waals surface area (Å²) in [5.74, 6) is 4.20. The number of rotatable bonds is 0. The van der Waals surface area contributed by atoms with Crippen LogP contribution in [0.3, 0.4) is 0 Å². The molecule has 0 unspecified atom stereocenters. The molecule has 0 aromatic rings. The summed E-state index contributed by atoms with van der Waals surface area (Å²) in [5, 5.41) is 0. The van der Waals surface area contributed by atoms with Gasteiger partial charge in [-0.25, -0.2) is 0 Å². The van der Waals surface area contributed by atoms with Crippen LogP contribution in [-0.4, -0.2) is 5.78 Å². The molecule has 0 radical (unpaired) electrons. The SMILES string of the molecule is C[C@@]12CCC[C@H]1[C@@H]1CC[C@H]3CC(=O)CC[C@]3(C)[C@H]1CC2.[Cl-].[Na+]. The summed E-state index contributed by atoms with van der Waals surface area (Å²) >= 11 is 0. The minimum atomic E-state index is 0. The van der Waals surface area contributed by atoms with Crippen molar-refractivity contribution in [3.63, 3.8) is 0 Å². The molecule has 4 aliphatic rings. The Balaban J connectivity index is 0.000000882. The molecule has 6 atom stereocenters. The van der Waals surface area contributed by atoms with E-state index in [0.717, 1.165) is 36.5 Å². The number of halogens is 1. The number of Topliss-reactive ketones (excluding diaryl/α,β-unsaturated/α-hetero) is 1. The molecule has 0 bridgehead atoms. The summed E-state index contributed by atoms with van der Waals surface area (Å²) < 4.78 is 0. The Kier molecular flexibility index (Phi) is 5.87. The standard InChI is InChI=1S/C19H30O.ClH.Na/c1-18-9-3-4-16(18)15-6-5-13-12-14(20)7-11-19(13,2)17(15)8-10-18;;/h13,15-17H,3-12H2,1-2H3;1H;/q;;+1/p-1/t13-,15-,16-,17-,18-,19-;;/m0../s1. The largest absolute Gasteiger partial charge is 1.00 e. The molecule has 0 saturated heterocycles. The molecule has 0 heterocycles. The van der Waals surface area contributed by atoms with Gasteiger partial charge in [-0.2, -0.15) is 0 Å². The maximum absolute atomic E-state index is 11.9. The number of hydrogen-bond acceptors (Lipinski definition) is 1. The number of carbonyl (C=O) groups is 1. The minimum Gasteiger partial charge on any atom is -1.00 e. The van der Waals surface area contributed by atoms with Crippen LogP contribution in [0.25, 0.3) is 0 Å². The predicted octanol–water partition coefficient (Wildman–Crippen LogP) is -1.00. The Morgan fingerprint density at radius 2 is 1.73 bits per heavy atom. The van der Waals surface area contributed by atoms with E-state index >= 15 is 0 Å². The summed E-state index contributed by atoms with van der Waals surface area (Å²) in [5.41, 5.74) is 1.18. The van der Waals surface area contributed by atoms with Gasteiger partial charge in [0, 0.05) is 12.8 Å². The van der Waals surface area contributed by atoms with Crippen LogP contribution >= 0.6 is 0 Å². The predicted molar refractivity (Wildman–Crippen MR) is 81.4 cm³/mol. The first-order valence-corrected chi connectivity index (χ1v) is 9.05. The summed E-state index contributed by atoms with van der Waals surface area (Å²) in [6.07, 6.45) is 13.1. The second-order valence-corrected chi connectivity index (χ2v) is 8.98. The molecule has 0 aromatic heterocycles. The van der Waals surface area contributed by atoms with Crippen molar-refractivity contribution in [1.29, 1.82) is 0 Å². The Labute approximate surface area is 164 Å². The van der Waals surface area contributed by atoms with Gasteiger partial charge in [-0.05, 0) is 79.4 Å². The molecule has 0 aromatic carbocycles. The van der Waals surface area contributed by atoms with Crippen molar-refractivity contribution >= 4 is 5.78 Å². The van der Waals surface area contributed by atoms with Crippen LogP contribution in [0.4, 0.5) is 0 Å². The second-order valence-electron chi connectivity index (χ2n) is 8.98. The van der Waals surface area contributed by atoms with E-state index in [9.17, 15) is 4.79 Å². The summed E-state index contributed by atoms with van der Waals surface area (Å²) in [6, 6.07) is 0. The molecule has 1 nitrogen and oxygen atoms in total. The van der Waals surface area contributed by atoms with Crippen LogP contribution in [0.2, 0.25) is 0 Å². The van der Waals surface area contributed by atoms with Gasteiger partial charge in [0.2, 0.25) is 0 Å². The zero-order valence-corrected chi connectivity index (χ0v) is 17.4. The molecule has 0 amide bonds. The van der Waals surface area contributed by atoms with Crippen molar-refractivity contribution in [3.8, 4) is 0 Å². The third-order valence-corrected chi connectivity index (χ3v) is 8.26. The fourth-order valence-corrected chi connectivity index (χ4v) is 7.04. The molecule has 0 N–H and O–H groups in total. The van der Waals surface area contributed by atoms with E-state index in [1.165, 1.54) is 51.4 Å². The summed E-state index contributed by atoms with van der Waals surface area (Å²) in [7, 11) is 0. The quantitative estimate of drug-likeness (QED) is 0.520. The Hall–Kier alpha value is 0.960. The molecular formula is C19H30ClNaO. The molecule has 4 rings (SSSR count). The number of carbonyl (C=O) groups excluding carboxylic acids is 1. The van der Waals surface area contributed by atoms with Crippen LogP contribution < -0.4 is 42.0 Å². The fourth-order valence-electron chi connectivity index (χ4n) is 7.04. The van der Waals surface area contributed by atoms with Crippen LogP contribution in [-0.2, 0) is 4.79 Å². The fraction of sp³-hybridized carbons (Fsp3) is 0.947. The Morgan fingerprint density at radius 1 is 0.955 bits per heavy atom. The van der Waals surface area contributed by atoms with E-state index in [2.05, 4.69) is 13.8 Å². The van der Waals surface area contributed by atoms with Gasteiger partial charge in [-0.15, -0.1) is 0 Å². The Morgan fingerprint density at radius 3 is 2.50 bits per heavy atom. The van der Waals surface area contributed by atoms with Gasteiger partial charge in [-0.1, -0.05) is 20.3 Å². The monoisotopic (exact) mass is 332 g/mol. The van der Waals surface area contributed by atoms with E-state index in [4.69, 9.17) is 0 Å². The normalized spacial score (nSPS) is 50.0. The zero-order valence-electron chi connectivity index (χ0n) is 14.7.